The maximum Gasteiger partial charge on any atom is 0.371 e. The second-order valence-electron chi connectivity index (χ2n) is 4.82. The number of nitrogens with one attached hydrogen (secondary N) is 1. The fourth-order valence-electron chi connectivity index (χ4n) is 2.56. The van der Waals surface area contributed by atoms with E-state index in [0.29, 0.717) is 12.3 Å². The van der Waals surface area contributed by atoms with Crippen LogP contribution in [0, 0.1) is 11.8 Å². The van der Waals surface area contributed by atoms with Gasteiger partial charge in [-0.15, -0.1) is 0 Å². The van der Waals surface area contributed by atoms with Crippen LogP contribution in [0.1, 0.15) is 35.6 Å². The molecule has 1 aromatic heterocycles. The zero-order valence-corrected chi connectivity index (χ0v) is 10.6. The lowest BCUT2D eigenvalue weighted by Crippen LogP contribution is -2.34. The molecule has 1 amide bonds. The standard InChI is InChI=1S/C13H18N2O4/c14-6-8-2-1-3-10(8)12(16)15-7-9-4-5-11(19-9)13(17)18/h4-5,8,10H,1-3,6-7,14H2,(H,15,16)(H,17,18). The van der Waals surface area contributed by atoms with Crippen molar-refractivity contribution in [1.29, 1.82) is 0 Å². The summed E-state index contributed by atoms with van der Waals surface area (Å²) in [6.45, 7) is 0.738. The Morgan fingerprint density at radius 2 is 2.21 bits per heavy atom. The molecule has 1 aromatic rings. The molecule has 6 heteroatoms. The SMILES string of the molecule is NCC1CCCC1C(=O)NCc1ccc(C(=O)O)o1. The smallest absolute Gasteiger partial charge is 0.371 e. The first-order valence-electron chi connectivity index (χ1n) is 6.41. The van der Waals surface area contributed by atoms with E-state index in [1.54, 1.807) is 6.07 Å². The predicted molar refractivity (Wildman–Crippen MR) is 67.4 cm³/mol. The third-order valence-corrected chi connectivity index (χ3v) is 3.61. The Labute approximate surface area is 111 Å². The maximum absolute atomic E-state index is 12.0. The largest absolute Gasteiger partial charge is 0.475 e. The van der Waals surface area contributed by atoms with Crippen LogP contribution in [0.25, 0.3) is 0 Å². The molecule has 2 unspecified atom stereocenters. The number of carboxylic acids is 1. The number of amides is 1. The quantitative estimate of drug-likeness (QED) is 0.736. The first-order valence-corrected chi connectivity index (χ1v) is 6.41. The van der Waals surface area contributed by atoms with Crippen LogP contribution in [0.4, 0.5) is 0 Å². The van der Waals surface area contributed by atoms with E-state index < -0.39 is 5.97 Å². The minimum absolute atomic E-state index is 0.0266. The molecule has 1 fully saturated rings. The molecule has 0 spiro atoms. The number of carbonyl (C=O) groups is 2. The van der Waals surface area contributed by atoms with Crippen molar-refractivity contribution < 1.29 is 19.1 Å². The van der Waals surface area contributed by atoms with Gasteiger partial charge < -0.3 is 20.6 Å². The molecule has 1 heterocycles. The summed E-state index contributed by atoms with van der Waals surface area (Å²) in [7, 11) is 0. The molecule has 104 valence electrons. The topological polar surface area (TPSA) is 106 Å². The number of hydrogen-bond acceptors (Lipinski definition) is 4. The minimum Gasteiger partial charge on any atom is -0.475 e. The Kier molecular flexibility index (Phi) is 4.21. The van der Waals surface area contributed by atoms with E-state index in [0.717, 1.165) is 19.3 Å². The highest BCUT2D eigenvalue weighted by Crippen LogP contribution is 2.30. The van der Waals surface area contributed by atoms with Crippen LogP contribution in [0.3, 0.4) is 0 Å². The normalized spacial score (nSPS) is 22.4. The second kappa shape index (κ2) is 5.88. The zero-order chi connectivity index (χ0) is 13.8. The highest BCUT2D eigenvalue weighted by Gasteiger charge is 2.31. The van der Waals surface area contributed by atoms with Gasteiger partial charge in [-0.1, -0.05) is 6.42 Å². The Bertz CT molecular complexity index is 469. The molecule has 1 saturated carbocycles. The monoisotopic (exact) mass is 266 g/mol. The summed E-state index contributed by atoms with van der Waals surface area (Å²) in [4.78, 5) is 22.7. The molecule has 0 aromatic carbocycles. The fraction of sp³-hybridized carbons (Fsp3) is 0.538. The van der Waals surface area contributed by atoms with E-state index in [-0.39, 0.29) is 30.0 Å². The first-order chi connectivity index (χ1) is 9.11. The lowest BCUT2D eigenvalue weighted by Gasteiger charge is -2.16. The van der Waals surface area contributed by atoms with Crippen molar-refractivity contribution in [2.75, 3.05) is 6.54 Å². The van der Waals surface area contributed by atoms with Gasteiger partial charge in [0.2, 0.25) is 11.7 Å². The average molecular weight is 266 g/mol. The van der Waals surface area contributed by atoms with Crippen molar-refractivity contribution in [3.05, 3.63) is 23.7 Å². The van der Waals surface area contributed by atoms with E-state index in [4.69, 9.17) is 15.3 Å². The van der Waals surface area contributed by atoms with E-state index in [9.17, 15) is 9.59 Å². The summed E-state index contributed by atoms with van der Waals surface area (Å²) >= 11 is 0. The maximum atomic E-state index is 12.0. The van der Waals surface area contributed by atoms with Crippen LogP contribution < -0.4 is 11.1 Å². The minimum atomic E-state index is -1.11. The number of nitrogens with two attached hydrogens (primary N) is 1. The first kappa shape index (κ1) is 13.6. The molecule has 1 aliphatic carbocycles. The Morgan fingerprint density at radius 3 is 2.84 bits per heavy atom. The van der Waals surface area contributed by atoms with Gasteiger partial charge in [0.05, 0.1) is 6.54 Å². The summed E-state index contributed by atoms with van der Waals surface area (Å²) < 4.78 is 5.07. The molecular formula is C13H18N2O4. The predicted octanol–water partition coefficient (Wildman–Crippen LogP) is 0.969. The van der Waals surface area contributed by atoms with Crippen LogP contribution in [0.5, 0.6) is 0 Å². The average Bonchev–Trinajstić information content (AvgIpc) is 3.04. The van der Waals surface area contributed by atoms with Crippen LogP contribution in [-0.2, 0) is 11.3 Å². The molecule has 1 aliphatic rings. The van der Waals surface area contributed by atoms with Gasteiger partial charge in [0.15, 0.2) is 0 Å². The molecule has 4 N–H and O–H groups in total. The van der Waals surface area contributed by atoms with Crippen molar-refractivity contribution in [3.63, 3.8) is 0 Å². The number of carboxylic acid groups (broad SMARTS) is 1. The zero-order valence-electron chi connectivity index (χ0n) is 10.6. The van der Waals surface area contributed by atoms with E-state index in [2.05, 4.69) is 5.32 Å². The van der Waals surface area contributed by atoms with Gasteiger partial charge in [-0.2, -0.15) is 0 Å². The molecule has 2 rings (SSSR count). The molecular weight excluding hydrogens is 248 g/mol. The van der Waals surface area contributed by atoms with E-state index in [1.165, 1.54) is 6.07 Å². The molecule has 0 saturated heterocycles. The van der Waals surface area contributed by atoms with Crippen molar-refractivity contribution >= 4 is 11.9 Å². The number of rotatable bonds is 5. The van der Waals surface area contributed by atoms with E-state index >= 15 is 0 Å². The van der Waals surface area contributed by atoms with Gasteiger partial charge in [0.25, 0.3) is 0 Å². The van der Waals surface area contributed by atoms with Gasteiger partial charge in [0.1, 0.15) is 5.76 Å². The molecule has 19 heavy (non-hydrogen) atoms. The number of carbonyl (C=O) groups excluding carboxylic acids is 1. The lowest BCUT2D eigenvalue weighted by atomic mass is 9.95. The van der Waals surface area contributed by atoms with Gasteiger partial charge in [-0.3, -0.25) is 4.79 Å². The molecule has 0 radical (unpaired) electrons. The molecule has 0 bridgehead atoms. The summed E-state index contributed by atoms with van der Waals surface area (Å²) in [5, 5.41) is 11.5. The van der Waals surface area contributed by atoms with Gasteiger partial charge in [-0.05, 0) is 37.4 Å². The van der Waals surface area contributed by atoms with Crippen molar-refractivity contribution in [2.45, 2.75) is 25.8 Å². The number of aromatic carboxylic acids is 1. The highest BCUT2D eigenvalue weighted by molar-refractivity contribution is 5.84. The third-order valence-electron chi connectivity index (χ3n) is 3.61. The van der Waals surface area contributed by atoms with Gasteiger partial charge >= 0.3 is 5.97 Å². The summed E-state index contributed by atoms with van der Waals surface area (Å²) in [5.74, 6) is -0.596. The fourth-order valence-corrected chi connectivity index (χ4v) is 2.56. The second-order valence-corrected chi connectivity index (χ2v) is 4.82. The molecule has 0 aliphatic heterocycles. The summed E-state index contributed by atoms with van der Waals surface area (Å²) in [6.07, 6.45) is 2.90. The Morgan fingerprint density at radius 1 is 1.42 bits per heavy atom. The Hall–Kier alpha value is -1.82. The number of hydrogen-bond donors (Lipinski definition) is 3. The van der Waals surface area contributed by atoms with Crippen LogP contribution in [-0.4, -0.2) is 23.5 Å². The van der Waals surface area contributed by atoms with Crippen molar-refractivity contribution in [3.8, 4) is 0 Å². The lowest BCUT2D eigenvalue weighted by molar-refractivity contribution is -0.126. The van der Waals surface area contributed by atoms with Gasteiger partial charge in [0, 0.05) is 5.92 Å². The van der Waals surface area contributed by atoms with Crippen molar-refractivity contribution in [1.82, 2.24) is 5.32 Å². The summed E-state index contributed by atoms with van der Waals surface area (Å²) in [6, 6.07) is 2.93. The van der Waals surface area contributed by atoms with Crippen LogP contribution in [0.2, 0.25) is 0 Å². The summed E-state index contributed by atoms with van der Waals surface area (Å²) in [5.41, 5.74) is 5.64. The molecule has 2 atom stereocenters. The highest BCUT2D eigenvalue weighted by atomic mass is 16.4. The van der Waals surface area contributed by atoms with Gasteiger partial charge in [-0.25, -0.2) is 4.79 Å². The number of furan rings is 1. The Balaban J connectivity index is 1.87. The van der Waals surface area contributed by atoms with E-state index in [1.807, 2.05) is 0 Å². The third kappa shape index (κ3) is 3.14. The van der Waals surface area contributed by atoms with Crippen molar-refractivity contribution in [2.24, 2.45) is 17.6 Å². The van der Waals surface area contributed by atoms with Crippen LogP contribution >= 0.6 is 0 Å². The van der Waals surface area contributed by atoms with Crippen LogP contribution in [0.15, 0.2) is 16.5 Å². The molecule has 6 nitrogen and oxygen atoms in total.